The molecular formula is C7H11F3N2O. The van der Waals surface area contributed by atoms with Crippen LogP contribution in [0.15, 0.2) is 4.99 Å². The van der Waals surface area contributed by atoms with Crippen molar-refractivity contribution in [3.63, 3.8) is 0 Å². The van der Waals surface area contributed by atoms with Crippen molar-refractivity contribution in [3.05, 3.63) is 0 Å². The van der Waals surface area contributed by atoms with Gasteiger partial charge in [0.1, 0.15) is 31.9 Å². The summed E-state index contributed by atoms with van der Waals surface area (Å²) < 4.78 is 41.7. The quantitative estimate of drug-likeness (QED) is 0.709. The number of alkyl halides is 3. The summed E-state index contributed by atoms with van der Waals surface area (Å²) >= 11 is 0. The Labute approximate surface area is 73.8 Å². The molecular weight excluding hydrogens is 185 g/mol. The first-order valence-electron chi connectivity index (χ1n) is 3.84. The average molecular weight is 196 g/mol. The smallest absolute Gasteiger partial charge is 0.181 e. The van der Waals surface area contributed by atoms with Crippen molar-refractivity contribution in [3.8, 4) is 0 Å². The predicted molar refractivity (Wildman–Crippen MR) is 42.0 cm³/mol. The van der Waals surface area contributed by atoms with E-state index in [0.29, 0.717) is 0 Å². The molecule has 1 rings (SSSR count). The van der Waals surface area contributed by atoms with Crippen molar-refractivity contribution < 1.29 is 17.9 Å². The van der Waals surface area contributed by atoms with Crippen LogP contribution in [0, 0.1) is 0 Å². The zero-order valence-electron chi connectivity index (χ0n) is 6.97. The van der Waals surface area contributed by atoms with Crippen LogP contribution in [-0.4, -0.2) is 44.1 Å². The van der Waals surface area contributed by atoms with Gasteiger partial charge >= 0.3 is 0 Å². The van der Waals surface area contributed by atoms with Gasteiger partial charge in [-0.25, -0.2) is 13.2 Å². The lowest BCUT2D eigenvalue weighted by molar-refractivity contribution is -0.0425. The summed E-state index contributed by atoms with van der Waals surface area (Å²) in [6.07, 6.45) is 0. The first-order valence-corrected chi connectivity index (χ1v) is 3.84. The fourth-order valence-corrected chi connectivity index (χ4v) is 1.01. The van der Waals surface area contributed by atoms with Crippen molar-refractivity contribution in [2.45, 2.75) is 11.6 Å². The Balaban J connectivity index is 2.81. The van der Waals surface area contributed by atoms with Crippen molar-refractivity contribution in [2.75, 3.05) is 26.6 Å². The second-order valence-electron chi connectivity index (χ2n) is 2.90. The third-order valence-corrected chi connectivity index (χ3v) is 1.95. The number of hydrogen-bond acceptors (Lipinski definition) is 3. The highest BCUT2D eigenvalue weighted by Gasteiger charge is 2.40. The van der Waals surface area contributed by atoms with Gasteiger partial charge in [-0.1, -0.05) is 0 Å². The summed E-state index contributed by atoms with van der Waals surface area (Å²) in [4.78, 5) is 3.61. The van der Waals surface area contributed by atoms with Gasteiger partial charge in [0.05, 0.1) is 6.61 Å². The van der Waals surface area contributed by atoms with Gasteiger partial charge in [0.15, 0.2) is 5.60 Å². The highest BCUT2D eigenvalue weighted by Crippen LogP contribution is 2.19. The van der Waals surface area contributed by atoms with Crippen LogP contribution in [0.5, 0.6) is 0 Å². The van der Waals surface area contributed by atoms with Crippen LogP contribution in [0.1, 0.15) is 0 Å². The molecule has 3 nitrogen and oxygen atoms in total. The van der Waals surface area contributed by atoms with E-state index in [-0.39, 0.29) is 12.4 Å². The van der Waals surface area contributed by atoms with Crippen LogP contribution in [-0.2, 0) is 4.74 Å². The Hall–Kier alpha value is -0.780. The molecule has 0 amide bonds. The Kier molecular flexibility index (Phi) is 3.13. The molecule has 0 aliphatic carbocycles. The van der Waals surface area contributed by atoms with E-state index < -0.39 is 31.7 Å². The molecule has 6 heteroatoms. The lowest BCUT2D eigenvalue weighted by atomic mass is 10.0. The van der Waals surface area contributed by atoms with E-state index in [4.69, 9.17) is 10.5 Å². The van der Waals surface area contributed by atoms with Crippen LogP contribution in [0.2, 0.25) is 0 Å². The van der Waals surface area contributed by atoms with Crippen LogP contribution >= 0.6 is 0 Å². The van der Waals surface area contributed by atoms with Gasteiger partial charge in [-0.2, -0.15) is 0 Å². The molecule has 1 aliphatic rings. The molecule has 76 valence electrons. The maximum atomic E-state index is 12.4. The fourth-order valence-electron chi connectivity index (χ4n) is 1.01. The molecule has 0 radical (unpaired) electrons. The Morgan fingerprint density at radius 1 is 1.46 bits per heavy atom. The molecule has 13 heavy (non-hydrogen) atoms. The third-order valence-electron chi connectivity index (χ3n) is 1.95. The number of aliphatic imine (C=N–C) groups is 1. The molecule has 0 bridgehead atoms. The predicted octanol–water partition coefficient (Wildman–Crippen LogP) is 0.390. The van der Waals surface area contributed by atoms with E-state index in [1.807, 2.05) is 0 Å². The van der Waals surface area contributed by atoms with Crippen molar-refractivity contribution in [1.82, 2.24) is 0 Å². The van der Waals surface area contributed by atoms with E-state index in [9.17, 15) is 13.2 Å². The topological polar surface area (TPSA) is 47.6 Å². The maximum Gasteiger partial charge on any atom is 0.181 e. The third kappa shape index (κ3) is 1.77. The zero-order valence-corrected chi connectivity index (χ0v) is 6.97. The van der Waals surface area contributed by atoms with E-state index >= 15 is 0 Å². The van der Waals surface area contributed by atoms with Gasteiger partial charge in [-0.05, 0) is 0 Å². The first kappa shape index (κ1) is 10.3. The number of halogens is 3. The van der Waals surface area contributed by atoms with Crippen molar-refractivity contribution >= 4 is 5.84 Å². The standard InChI is InChI=1S/C7H11F3N2O/c8-1-5-2-13-7(3-9,4-10)6(11)12-5/h5H,1-4H2,(H2,11,12). The van der Waals surface area contributed by atoms with Crippen molar-refractivity contribution in [2.24, 2.45) is 10.7 Å². The molecule has 1 heterocycles. The molecule has 1 aliphatic heterocycles. The Morgan fingerprint density at radius 3 is 2.46 bits per heavy atom. The molecule has 0 saturated heterocycles. The molecule has 0 spiro atoms. The lowest BCUT2D eigenvalue weighted by Gasteiger charge is -2.33. The first-order chi connectivity index (χ1) is 6.18. The largest absolute Gasteiger partial charge is 0.385 e. The SMILES string of the molecule is NC1=NC(CF)COC1(CF)CF. The van der Waals surface area contributed by atoms with Gasteiger partial charge in [0, 0.05) is 0 Å². The van der Waals surface area contributed by atoms with Crippen LogP contribution in [0.25, 0.3) is 0 Å². The Bertz CT molecular complexity index is 206. The van der Waals surface area contributed by atoms with Gasteiger partial charge in [-0.15, -0.1) is 0 Å². The number of ether oxygens (including phenoxy) is 1. The average Bonchev–Trinajstić information content (AvgIpc) is 2.18. The molecule has 0 aromatic heterocycles. The van der Waals surface area contributed by atoms with E-state index in [1.165, 1.54) is 0 Å². The highest BCUT2D eigenvalue weighted by molar-refractivity contribution is 5.90. The van der Waals surface area contributed by atoms with E-state index in [1.54, 1.807) is 0 Å². The highest BCUT2D eigenvalue weighted by atomic mass is 19.1. The molecule has 2 N–H and O–H groups in total. The normalized spacial score (nSPS) is 27.0. The number of nitrogens with two attached hydrogens (primary N) is 1. The van der Waals surface area contributed by atoms with Gasteiger partial charge in [0.25, 0.3) is 0 Å². The minimum atomic E-state index is -1.77. The number of rotatable bonds is 3. The summed E-state index contributed by atoms with van der Waals surface area (Å²) in [7, 11) is 0. The summed E-state index contributed by atoms with van der Waals surface area (Å²) in [6, 6.07) is -0.730. The van der Waals surface area contributed by atoms with Gasteiger partial charge in [-0.3, -0.25) is 4.99 Å². The van der Waals surface area contributed by atoms with Gasteiger partial charge < -0.3 is 10.5 Å². The molecule has 0 saturated carbocycles. The van der Waals surface area contributed by atoms with Gasteiger partial charge in [0.2, 0.25) is 0 Å². The van der Waals surface area contributed by atoms with Crippen molar-refractivity contribution in [1.29, 1.82) is 0 Å². The molecule has 1 unspecified atom stereocenters. The Morgan fingerprint density at radius 2 is 2.08 bits per heavy atom. The van der Waals surface area contributed by atoms with Crippen LogP contribution < -0.4 is 5.73 Å². The number of amidine groups is 1. The second kappa shape index (κ2) is 3.95. The molecule has 1 atom stereocenters. The minimum absolute atomic E-state index is 0.134. The summed E-state index contributed by atoms with van der Waals surface area (Å²) in [5, 5.41) is 0. The van der Waals surface area contributed by atoms with E-state index in [0.717, 1.165) is 0 Å². The summed E-state index contributed by atoms with van der Waals surface area (Å²) in [6.45, 7) is -3.05. The van der Waals surface area contributed by atoms with E-state index in [2.05, 4.69) is 4.99 Å². The zero-order chi connectivity index (χ0) is 9.90. The summed E-state index contributed by atoms with van der Waals surface area (Å²) in [5.74, 6) is -0.300. The maximum absolute atomic E-state index is 12.4. The molecule has 0 fully saturated rings. The fraction of sp³-hybridized carbons (Fsp3) is 0.857. The van der Waals surface area contributed by atoms with Crippen LogP contribution in [0.4, 0.5) is 13.2 Å². The minimum Gasteiger partial charge on any atom is -0.385 e. The molecule has 0 aromatic rings. The number of hydrogen-bond donors (Lipinski definition) is 1. The second-order valence-corrected chi connectivity index (χ2v) is 2.90. The monoisotopic (exact) mass is 196 g/mol. The molecule has 0 aromatic carbocycles. The number of nitrogens with zero attached hydrogens (tertiary/aromatic N) is 1. The lowest BCUT2D eigenvalue weighted by Crippen LogP contribution is -2.55. The summed E-state index contributed by atoms with van der Waals surface area (Å²) in [5.41, 5.74) is 3.51. The van der Waals surface area contributed by atoms with Crippen LogP contribution in [0.3, 0.4) is 0 Å².